The van der Waals surface area contributed by atoms with Crippen LogP contribution in [0, 0.1) is 0 Å². The summed E-state index contributed by atoms with van der Waals surface area (Å²) in [4.78, 5) is 7.85. The van der Waals surface area contributed by atoms with Crippen LogP contribution in [0.3, 0.4) is 0 Å². The Morgan fingerprint density at radius 2 is 2.29 bits per heavy atom. The molecule has 7 heavy (non-hydrogen) atoms. The summed E-state index contributed by atoms with van der Waals surface area (Å²) in [6, 6.07) is 0. The minimum Gasteiger partial charge on any atom is -0.264 e. The maximum Gasteiger partial charge on any atom is 0.131 e. The lowest BCUT2D eigenvalue weighted by Crippen LogP contribution is -1.95. The van der Waals surface area contributed by atoms with Gasteiger partial charge >= 0.3 is 0 Å². The van der Waals surface area contributed by atoms with E-state index in [1.165, 1.54) is 0 Å². The van der Waals surface area contributed by atoms with Gasteiger partial charge in [0.2, 0.25) is 0 Å². The van der Waals surface area contributed by atoms with Gasteiger partial charge in [0.1, 0.15) is 11.7 Å². The van der Waals surface area contributed by atoms with E-state index in [1.54, 1.807) is 0 Å². The second kappa shape index (κ2) is 1.66. The van der Waals surface area contributed by atoms with E-state index in [1.807, 2.05) is 6.92 Å². The van der Waals surface area contributed by atoms with Gasteiger partial charge in [-0.15, -0.1) is 12.6 Å². The number of hydrogen-bond acceptors (Lipinski definition) is 2. The Labute approximate surface area is 47.8 Å². The number of nitrogens with zero attached hydrogens (tertiary/aromatic N) is 2. The van der Waals surface area contributed by atoms with Crippen LogP contribution >= 0.6 is 12.6 Å². The SMILES string of the molecule is CC1=NCN=C1S. The lowest BCUT2D eigenvalue weighted by Gasteiger charge is -1.81. The van der Waals surface area contributed by atoms with E-state index in [9.17, 15) is 0 Å². The molecular formula is C4H6N2S. The van der Waals surface area contributed by atoms with Crippen molar-refractivity contribution < 1.29 is 0 Å². The van der Waals surface area contributed by atoms with Crippen LogP contribution in [0.1, 0.15) is 6.92 Å². The summed E-state index contributed by atoms with van der Waals surface area (Å²) < 4.78 is 0. The highest BCUT2D eigenvalue weighted by Crippen LogP contribution is 1.97. The van der Waals surface area contributed by atoms with Crippen LogP contribution in [-0.4, -0.2) is 17.4 Å². The van der Waals surface area contributed by atoms with Crippen molar-refractivity contribution in [2.75, 3.05) is 6.67 Å². The lowest BCUT2D eigenvalue weighted by atomic mass is 10.5. The monoisotopic (exact) mass is 114 g/mol. The van der Waals surface area contributed by atoms with Gasteiger partial charge < -0.3 is 0 Å². The number of rotatable bonds is 0. The van der Waals surface area contributed by atoms with Crippen LogP contribution in [0.5, 0.6) is 0 Å². The maximum atomic E-state index is 4.01. The standard InChI is InChI=1S/C4H6N2S/c1-3-4(7)6-2-5-3/h2H2,1H3,(H,6,7). The van der Waals surface area contributed by atoms with Crippen molar-refractivity contribution in [2.45, 2.75) is 6.92 Å². The molecule has 0 N–H and O–H groups in total. The number of hydrogen-bond donors (Lipinski definition) is 1. The minimum atomic E-state index is 0.574. The fourth-order valence-corrected chi connectivity index (χ4v) is 0.527. The third-order valence-electron chi connectivity index (χ3n) is 0.852. The molecule has 0 aromatic heterocycles. The zero-order valence-corrected chi connectivity index (χ0v) is 4.94. The van der Waals surface area contributed by atoms with E-state index < -0.39 is 0 Å². The average molecular weight is 114 g/mol. The Bertz CT molecular complexity index is 121. The topological polar surface area (TPSA) is 24.7 Å². The molecule has 1 aliphatic heterocycles. The Kier molecular flexibility index (Phi) is 1.15. The molecule has 0 aliphatic carbocycles. The molecule has 1 aliphatic rings. The van der Waals surface area contributed by atoms with Crippen LogP contribution in [0.25, 0.3) is 0 Å². The summed E-state index contributed by atoms with van der Waals surface area (Å²) in [5.41, 5.74) is 0.948. The fourth-order valence-electron chi connectivity index (χ4n) is 0.394. The highest BCUT2D eigenvalue weighted by molar-refractivity contribution is 7.99. The largest absolute Gasteiger partial charge is 0.264 e. The molecular weight excluding hydrogens is 108 g/mol. The molecule has 0 saturated carbocycles. The van der Waals surface area contributed by atoms with Crippen molar-refractivity contribution in [1.82, 2.24) is 0 Å². The maximum absolute atomic E-state index is 4.01. The molecule has 2 nitrogen and oxygen atoms in total. The van der Waals surface area contributed by atoms with Gasteiger partial charge in [-0.25, -0.2) is 0 Å². The summed E-state index contributed by atoms with van der Waals surface area (Å²) >= 11 is 4.01. The van der Waals surface area contributed by atoms with Gasteiger partial charge in [-0.1, -0.05) is 0 Å². The zero-order valence-electron chi connectivity index (χ0n) is 4.05. The Hall–Kier alpha value is -0.310. The molecule has 0 amide bonds. The molecule has 0 bridgehead atoms. The quantitative estimate of drug-likeness (QED) is 0.449. The molecule has 1 heterocycles. The second-order valence-corrected chi connectivity index (χ2v) is 1.79. The van der Waals surface area contributed by atoms with Gasteiger partial charge in [0.15, 0.2) is 0 Å². The highest BCUT2D eigenvalue weighted by atomic mass is 32.1. The summed E-state index contributed by atoms with van der Waals surface area (Å²) in [6.07, 6.45) is 0. The van der Waals surface area contributed by atoms with E-state index in [0.29, 0.717) is 6.67 Å². The van der Waals surface area contributed by atoms with Crippen LogP contribution in [-0.2, 0) is 0 Å². The fraction of sp³-hybridized carbons (Fsp3) is 0.500. The predicted octanol–water partition coefficient (Wildman–Crippen LogP) is 0.747. The first-order chi connectivity index (χ1) is 3.30. The predicted molar refractivity (Wildman–Crippen MR) is 34.4 cm³/mol. The average Bonchev–Trinajstić information content (AvgIpc) is 1.91. The molecule has 0 aromatic rings. The number of aliphatic imine (C=N–C) groups is 2. The normalized spacial score (nSPS) is 19.1. The zero-order chi connectivity index (χ0) is 5.28. The molecule has 0 spiro atoms. The molecule has 0 atom stereocenters. The first-order valence-corrected chi connectivity index (χ1v) is 2.50. The molecule has 3 heteroatoms. The van der Waals surface area contributed by atoms with E-state index in [4.69, 9.17) is 0 Å². The molecule has 0 unspecified atom stereocenters. The Morgan fingerprint density at radius 3 is 2.43 bits per heavy atom. The van der Waals surface area contributed by atoms with Crippen LogP contribution < -0.4 is 0 Å². The molecule has 0 fully saturated rings. The molecule has 38 valence electrons. The summed E-state index contributed by atoms with van der Waals surface area (Å²) in [5, 5.41) is 0.778. The highest BCUT2D eigenvalue weighted by Gasteiger charge is 2.00. The van der Waals surface area contributed by atoms with Crippen molar-refractivity contribution in [3.05, 3.63) is 0 Å². The second-order valence-electron chi connectivity index (χ2n) is 1.37. The van der Waals surface area contributed by atoms with Crippen LogP contribution in [0.2, 0.25) is 0 Å². The van der Waals surface area contributed by atoms with Gasteiger partial charge in [-0.2, -0.15) is 0 Å². The smallest absolute Gasteiger partial charge is 0.131 e. The van der Waals surface area contributed by atoms with Gasteiger partial charge in [-0.05, 0) is 6.92 Å². The van der Waals surface area contributed by atoms with Crippen molar-refractivity contribution in [1.29, 1.82) is 0 Å². The van der Waals surface area contributed by atoms with Crippen molar-refractivity contribution in [2.24, 2.45) is 9.98 Å². The minimum absolute atomic E-state index is 0.574. The summed E-state index contributed by atoms with van der Waals surface area (Å²) in [7, 11) is 0. The summed E-state index contributed by atoms with van der Waals surface area (Å²) in [6.45, 7) is 2.48. The molecule has 0 saturated heterocycles. The van der Waals surface area contributed by atoms with E-state index in [2.05, 4.69) is 22.6 Å². The van der Waals surface area contributed by atoms with Gasteiger partial charge in [0.25, 0.3) is 0 Å². The van der Waals surface area contributed by atoms with E-state index in [0.717, 1.165) is 10.8 Å². The van der Waals surface area contributed by atoms with Crippen LogP contribution in [0.15, 0.2) is 9.98 Å². The lowest BCUT2D eigenvalue weighted by molar-refractivity contribution is 1.10. The number of thiol groups is 1. The first-order valence-electron chi connectivity index (χ1n) is 2.05. The molecule has 0 aromatic carbocycles. The van der Waals surface area contributed by atoms with Crippen molar-refractivity contribution in [3.8, 4) is 0 Å². The van der Waals surface area contributed by atoms with Gasteiger partial charge in [0.05, 0.1) is 5.71 Å². The molecule has 1 rings (SSSR count). The third kappa shape index (κ3) is 0.825. The first kappa shape index (κ1) is 4.84. The van der Waals surface area contributed by atoms with Gasteiger partial charge in [0, 0.05) is 0 Å². The van der Waals surface area contributed by atoms with Gasteiger partial charge in [-0.3, -0.25) is 9.98 Å². The summed E-state index contributed by atoms with van der Waals surface area (Å²) in [5.74, 6) is 0. The van der Waals surface area contributed by atoms with Crippen molar-refractivity contribution in [3.63, 3.8) is 0 Å². The van der Waals surface area contributed by atoms with E-state index >= 15 is 0 Å². The van der Waals surface area contributed by atoms with Crippen LogP contribution in [0.4, 0.5) is 0 Å². The molecule has 0 radical (unpaired) electrons. The Balaban J connectivity index is 2.78. The Morgan fingerprint density at radius 1 is 1.57 bits per heavy atom. The third-order valence-corrected chi connectivity index (χ3v) is 1.32. The van der Waals surface area contributed by atoms with E-state index in [-0.39, 0.29) is 0 Å². The van der Waals surface area contributed by atoms with Crippen molar-refractivity contribution >= 4 is 23.4 Å².